The molecule has 0 saturated carbocycles. The molecule has 2 amide bonds. The number of nitrogens with one attached hydrogen (secondary N) is 2. The minimum Gasteiger partial charge on any atom is -0.355 e. The van der Waals surface area contributed by atoms with Crippen molar-refractivity contribution < 1.29 is 9.59 Å². The van der Waals surface area contributed by atoms with Crippen LogP contribution in [-0.4, -0.2) is 23.3 Å². The Kier molecular flexibility index (Phi) is 6.00. The SMILES string of the molecule is O=C(Nc1nc2c(s1)CCC[C@H]2C(=O)NCCc1ccccc1)c1ccccc1. The first-order valence-corrected chi connectivity index (χ1v) is 10.7. The molecule has 0 fully saturated rings. The van der Waals surface area contributed by atoms with Gasteiger partial charge in [-0.2, -0.15) is 0 Å². The maximum Gasteiger partial charge on any atom is 0.257 e. The molecule has 2 aromatic carbocycles. The molecule has 1 aromatic heterocycles. The monoisotopic (exact) mass is 405 g/mol. The van der Waals surface area contributed by atoms with Crippen LogP contribution < -0.4 is 10.6 Å². The molecule has 1 heterocycles. The van der Waals surface area contributed by atoms with Crippen molar-refractivity contribution in [1.29, 1.82) is 0 Å². The van der Waals surface area contributed by atoms with Crippen molar-refractivity contribution in [3.05, 3.63) is 82.4 Å². The van der Waals surface area contributed by atoms with Crippen LogP contribution in [0.1, 0.15) is 45.3 Å². The lowest BCUT2D eigenvalue weighted by atomic mass is 9.90. The third kappa shape index (κ3) is 4.71. The number of thiazole rings is 1. The molecule has 0 aliphatic heterocycles. The van der Waals surface area contributed by atoms with Gasteiger partial charge in [0.15, 0.2) is 5.13 Å². The molecular formula is C23H23N3O2S. The van der Waals surface area contributed by atoms with Gasteiger partial charge in [-0.1, -0.05) is 48.5 Å². The molecule has 5 nitrogen and oxygen atoms in total. The lowest BCUT2D eigenvalue weighted by molar-refractivity contribution is -0.122. The van der Waals surface area contributed by atoms with Crippen LogP contribution in [0.25, 0.3) is 0 Å². The van der Waals surface area contributed by atoms with Crippen molar-refractivity contribution in [1.82, 2.24) is 10.3 Å². The van der Waals surface area contributed by atoms with Gasteiger partial charge >= 0.3 is 0 Å². The highest BCUT2D eigenvalue weighted by Gasteiger charge is 2.30. The molecule has 6 heteroatoms. The third-order valence-electron chi connectivity index (χ3n) is 5.08. The van der Waals surface area contributed by atoms with Gasteiger partial charge in [-0.25, -0.2) is 4.98 Å². The van der Waals surface area contributed by atoms with E-state index in [0.29, 0.717) is 17.2 Å². The summed E-state index contributed by atoms with van der Waals surface area (Å²) in [4.78, 5) is 30.9. The zero-order valence-corrected chi connectivity index (χ0v) is 16.9. The van der Waals surface area contributed by atoms with Crippen LogP contribution in [0, 0.1) is 0 Å². The molecule has 4 rings (SSSR count). The van der Waals surface area contributed by atoms with Crippen molar-refractivity contribution in [2.75, 3.05) is 11.9 Å². The summed E-state index contributed by atoms with van der Waals surface area (Å²) in [7, 11) is 0. The number of rotatable bonds is 6. The molecule has 0 bridgehead atoms. The fourth-order valence-corrected chi connectivity index (χ4v) is 4.64. The van der Waals surface area contributed by atoms with Crippen molar-refractivity contribution in [3.8, 4) is 0 Å². The first-order valence-electron chi connectivity index (χ1n) is 9.88. The van der Waals surface area contributed by atoms with Crippen molar-refractivity contribution >= 4 is 28.3 Å². The summed E-state index contributed by atoms with van der Waals surface area (Å²) in [5, 5.41) is 6.50. The topological polar surface area (TPSA) is 71.1 Å². The van der Waals surface area contributed by atoms with E-state index in [-0.39, 0.29) is 17.7 Å². The fraction of sp³-hybridized carbons (Fsp3) is 0.261. The number of hydrogen-bond donors (Lipinski definition) is 2. The average Bonchev–Trinajstić information content (AvgIpc) is 3.17. The Bertz CT molecular complexity index is 986. The molecule has 0 radical (unpaired) electrons. The summed E-state index contributed by atoms with van der Waals surface area (Å²) in [6, 6.07) is 19.2. The van der Waals surface area contributed by atoms with Crippen LogP contribution in [0.5, 0.6) is 0 Å². The number of anilines is 1. The lowest BCUT2D eigenvalue weighted by Gasteiger charge is -2.20. The minimum atomic E-state index is -0.242. The van der Waals surface area contributed by atoms with Crippen molar-refractivity contribution in [2.45, 2.75) is 31.6 Å². The second-order valence-corrected chi connectivity index (χ2v) is 8.20. The molecule has 0 spiro atoms. The maximum atomic E-state index is 12.8. The number of nitrogens with zero attached hydrogens (tertiary/aromatic N) is 1. The number of aromatic nitrogens is 1. The van der Waals surface area contributed by atoms with E-state index in [0.717, 1.165) is 36.3 Å². The highest BCUT2D eigenvalue weighted by atomic mass is 32.1. The summed E-state index contributed by atoms with van der Waals surface area (Å²) < 4.78 is 0. The van der Waals surface area contributed by atoms with Gasteiger partial charge in [-0.3, -0.25) is 14.9 Å². The van der Waals surface area contributed by atoms with E-state index in [1.807, 2.05) is 36.4 Å². The highest BCUT2D eigenvalue weighted by Crippen LogP contribution is 2.37. The zero-order chi connectivity index (χ0) is 20.1. The molecule has 3 aromatic rings. The molecule has 1 aliphatic carbocycles. The van der Waals surface area contributed by atoms with E-state index in [4.69, 9.17) is 0 Å². The Morgan fingerprint density at radius 2 is 1.76 bits per heavy atom. The number of aryl methyl sites for hydroxylation is 1. The predicted molar refractivity (Wildman–Crippen MR) is 115 cm³/mol. The summed E-state index contributed by atoms with van der Waals surface area (Å²) >= 11 is 1.48. The minimum absolute atomic E-state index is 0.0214. The molecule has 1 atom stereocenters. The van der Waals surface area contributed by atoms with Crippen LogP contribution in [0.2, 0.25) is 0 Å². The second-order valence-electron chi connectivity index (χ2n) is 7.12. The van der Waals surface area contributed by atoms with E-state index in [2.05, 4.69) is 27.8 Å². The largest absolute Gasteiger partial charge is 0.355 e. The van der Waals surface area contributed by atoms with Crippen LogP contribution in [0.3, 0.4) is 0 Å². The molecular weight excluding hydrogens is 382 g/mol. The number of fused-ring (bicyclic) bond motifs is 1. The van der Waals surface area contributed by atoms with Gasteiger partial charge in [-0.05, 0) is 43.4 Å². The summed E-state index contributed by atoms with van der Waals surface area (Å²) in [5.41, 5.74) is 2.62. The van der Waals surface area contributed by atoms with Crippen LogP contribution in [-0.2, 0) is 17.6 Å². The fourth-order valence-electron chi connectivity index (χ4n) is 3.58. The Hall–Kier alpha value is -2.99. The smallest absolute Gasteiger partial charge is 0.257 e. The number of carbonyl (C=O) groups excluding carboxylic acids is 2. The third-order valence-corrected chi connectivity index (χ3v) is 6.13. The van der Waals surface area contributed by atoms with E-state index in [1.165, 1.54) is 16.9 Å². The Morgan fingerprint density at radius 1 is 1.03 bits per heavy atom. The molecule has 0 saturated heterocycles. The number of hydrogen-bond acceptors (Lipinski definition) is 4. The van der Waals surface area contributed by atoms with E-state index in [9.17, 15) is 9.59 Å². The van der Waals surface area contributed by atoms with Gasteiger partial charge in [0.1, 0.15) is 0 Å². The standard InChI is InChI=1S/C23H23N3O2S/c27-21(17-10-5-2-6-11-17)26-23-25-20-18(12-7-13-19(20)29-23)22(28)24-15-14-16-8-3-1-4-9-16/h1-6,8-11,18H,7,12-15H2,(H,24,28)(H,25,26,27)/t18-/m1/s1. The lowest BCUT2D eigenvalue weighted by Crippen LogP contribution is -2.32. The summed E-state index contributed by atoms with van der Waals surface area (Å²) in [5.74, 6) is -0.401. The van der Waals surface area contributed by atoms with Gasteiger partial charge in [0.05, 0.1) is 11.6 Å². The maximum absolute atomic E-state index is 12.8. The molecule has 148 valence electrons. The Morgan fingerprint density at radius 3 is 2.52 bits per heavy atom. The van der Waals surface area contributed by atoms with Gasteiger partial charge in [0.25, 0.3) is 5.91 Å². The van der Waals surface area contributed by atoms with E-state index < -0.39 is 0 Å². The Labute approximate surface area is 174 Å². The summed E-state index contributed by atoms with van der Waals surface area (Å²) in [6.45, 7) is 0.608. The second kappa shape index (κ2) is 9.01. The number of amides is 2. The van der Waals surface area contributed by atoms with Gasteiger partial charge < -0.3 is 5.32 Å². The molecule has 1 aliphatic rings. The number of carbonyl (C=O) groups is 2. The van der Waals surface area contributed by atoms with Gasteiger partial charge in [0.2, 0.25) is 5.91 Å². The van der Waals surface area contributed by atoms with Crippen LogP contribution in [0.15, 0.2) is 60.7 Å². The number of benzene rings is 2. The predicted octanol–water partition coefficient (Wildman–Crippen LogP) is 4.17. The van der Waals surface area contributed by atoms with Gasteiger partial charge in [-0.15, -0.1) is 11.3 Å². The Balaban J connectivity index is 1.40. The summed E-state index contributed by atoms with van der Waals surface area (Å²) in [6.07, 6.45) is 3.46. The van der Waals surface area contributed by atoms with E-state index in [1.54, 1.807) is 12.1 Å². The quantitative estimate of drug-likeness (QED) is 0.646. The zero-order valence-electron chi connectivity index (χ0n) is 16.1. The van der Waals surface area contributed by atoms with Crippen molar-refractivity contribution in [2.24, 2.45) is 0 Å². The van der Waals surface area contributed by atoms with Crippen molar-refractivity contribution in [3.63, 3.8) is 0 Å². The normalized spacial score (nSPS) is 15.4. The first kappa shape index (κ1) is 19.3. The van der Waals surface area contributed by atoms with Crippen LogP contribution >= 0.6 is 11.3 Å². The van der Waals surface area contributed by atoms with Gasteiger partial charge in [0, 0.05) is 17.0 Å². The first-order chi connectivity index (χ1) is 14.2. The molecule has 0 unspecified atom stereocenters. The molecule has 2 N–H and O–H groups in total. The molecule has 29 heavy (non-hydrogen) atoms. The van der Waals surface area contributed by atoms with E-state index >= 15 is 0 Å². The average molecular weight is 406 g/mol. The van der Waals surface area contributed by atoms with Crippen LogP contribution in [0.4, 0.5) is 5.13 Å². The highest BCUT2D eigenvalue weighted by molar-refractivity contribution is 7.15.